The van der Waals surface area contributed by atoms with Gasteiger partial charge in [-0.05, 0) is 24.6 Å². The zero-order valence-electron chi connectivity index (χ0n) is 13.9. The molecular formula is C16H16F3N5O2. The molecule has 0 aliphatic carbocycles. The number of aromatic nitrogens is 4. The maximum atomic E-state index is 12.5. The largest absolute Gasteiger partial charge is 0.423 e. The van der Waals surface area contributed by atoms with E-state index in [2.05, 4.69) is 15.1 Å². The Kier molecular flexibility index (Phi) is 4.06. The van der Waals surface area contributed by atoms with Gasteiger partial charge < -0.3 is 14.1 Å². The van der Waals surface area contributed by atoms with Crippen LogP contribution in [0.2, 0.25) is 0 Å². The molecule has 0 spiro atoms. The highest BCUT2D eigenvalue weighted by Gasteiger charge is 2.33. The molecule has 10 heteroatoms. The van der Waals surface area contributed by atoms with E-state index in [0.29, 0.717) is 24.7 Å². The Bertz CT molecular complexity index is 920. The summed E-state index contributed by atoms with van der Waals surface area (Å²) in [6.07, 6.45) is -3.28. The second-order valence-corrected chi connectivity index (χ2v) is 6.17. The molecule has 3 aromatic rings. The molecule has 0 unspecified atom stereocenters. The van der Waals surface area contributed by atoms with E-state index in [1.54, 1.807) is 0 Å². The molecular weight excluding hydrogens is 351 g/mol. The predicted octanol–water partition coefficient (Wildman–Crippen LogP) is 2.87. The van der Waals surface area contributed by atoms with E-state index in [1.165, 1.54) is 0 Å². The molecule has 0 amide bonds. The van der Waals surface area contributed by atoms with E-state index >= 15 is 0 Å². The van der Waals surface area contributed by atoms with Gasteiger partial charge >= 0.3 is 6.18 Å². The van der Waals surface area contributed by atoms with Crippen molar-refractivity contribution in [2.24, 2.45) is 0 Å². The van der Waals surface area contributed by atoms with Gasteiger partial charge in [0, 0.05) is 6.54 Å². The fourth-order valence-corrected chi connectivity index (χ4v) is 2.92. The quantitative estimate of drug-likeness (QED) is 0.709. The Balaban J connectivity index is 1.63. The van der Waals surface area contributed by atoms with Crippen molar-refractivity contribution in [3.05, 3.63) is 35.9 Å². The monoisotopic (exact) mass is 367 g/mol. The average molecular weight is 367 g/mol. The summed E-state index contributed by atoms with van der Waals surface area (Å²) in [6.45, 7) is 1.95. The lowest BCUT2D eigenvalue weighted by Gasteiger charge is -2.32. The summed E-state index contributed by atoms with van der Waals surface area (Å²) in [5, 5.41) is 3.96. The fourth-order valence-electron chi connectivity index (χ4n) is 2.92. The van der Waals surface area contributed by atoms with Gasteiger partial charge in [0.05, 0.1) is 13.2 Å². The lowest BCUT2D eigenvalue weighted by molar-refractivity contribution is -0.142. The lowest BCUT2D eigenvalue weighted by Crippen LogP contribution is -2.40. The average Bonchev–Trinajstić information content (AvgIpc) is 3.19. The summed E-state index contributed by atoms with van der Waals surface area (Å²) in [5.74, 6) is 0.243. The molecule has 1 saturated heterocycles. The standard InChI is InChI=1S/C16H16F3N5O2/c1-10-2-3-13-11(6-10)21-15(26-13)24-4-5-25-7-12(24)14-20-9-23(22-14)8-16(17,18)19/h2-3,6,9,12H,4-5,7-8H2,1H3/t12-/m1/s1. The number of anilines is 1. The number of rotatable bonds is 3. The summed E-state index contributed by atoms with van der Waals surface area (Å²) in [7, 11) is 0. The smallest absolute Gasteiger partial charge is 0.408 e. The minimum atomic E-state index is -4.36. The van der Waals surface area contributed by atoms with Gasteiger partial charge in [-0.1, -0.05) is 6.07 Å². The van der Waals surface area contributed by atoms with Gasteiger partial charge in [-0.2, -0.15) is 23.3 Å². The Hall–Kier alpha value is -2.62. The molecule has 26 heavy (non-hydrogen) atoms. The zero-order valence-corrected chi connectivity index (χ0v) is 13.9. The van der Waals surface area contributed by atoms with Gasteiger partial charge in [0.25, 0.3) is 6.01 Å². The first-order valence-electron chi connectivity index (χ1n) is 8.07. The SMILES string of the molecule is Cc1ccc2oc(N3CCOC[C@@H]3c3ncn(CC(F)(F)F)n3)nc2c1. The van der Waals surface area contributed by atoms with Gasteiger partial charge in [-0.15, -0.1) is 0 Å². The Morgan fingerprint density at radius 2 is 2.15 bits per heavy atom. The van der Waals surface area contributed by atoms with Crippen LogP contribution in [0.25, 0.3) is 11.1 Å². The van der Waals surface area contributed by atoms with Crippen molar-refractivity contribution >= 4 is 17.1 Å². The lowest BCUT2D eigenvalue weighted by atomic mass is 10.2. The molecule has 2 aromatic heterocycles. The van der Waals surface area contributed by atoms with Gasteiger partial charge in [0.2, 0.25) is 0 Å². The Labute approximate surface area is 146 Å². The molecule has 0 N–H and O–H groups in total. The predicted molar refractivity (Wildman–Crippen MR) is 85.7 cm³/mol. The molecule has 7 nitrogen and oxygen atoms in total. The molecule has 1 aromatic carbocycles. The van der Waals surface area contributed by atoms with Crippen LogP contribution in [0.4, 0.5) is 19.2 Å². The molecule has 1 aliphatic rings. The third kappa shape index (κ3) is 3.36. The summed E-state index contributed by atoms with van der Waals surface area (Å²) in [5.41, 5.74) is 2.43. The van der Waals surface area contributed by atoms with Crippen LogP contribution >= 0.6 is 0 Å². The molecule has 0 bridgehead atoms. The molecule has 1 atom stereocenters. The number of aryl methyl sites for hydroxylation is 1. The summed E-state index contributed by atoms with van der Waals surface area (Å²) >= 11 is 0. The Morgan fingerprint density at radius 3 is 2.96 bits per heavy atom. The molecule has 1 aliphatic heterocycles. The van der Waals surface area contributed by atoms with Crippen molar-refractivity contribution in [2.75, 3.05) is 24.7 Å². The van der Waals surface area contributed by atoms with E-state index in [0.717, 1.165) is 22.1 Å². The van der Waals surface area contributed by atoms with Crippen LogP contribution in [0.1, 0.15) is 17.4 Å². The maximum Gasteiger partial charge on any atom is 0.408 e. The molecule has 0 saturated carbocycles. The van der Waals surface area contributed by atoms with Crippen molar-refractivity contribution < 1.29 is 22.3 Å². The first kappa shape index (κ1) is 16.8. The number of ether oxygens (including phenoxy) is 1. The molecule has 1 fully saturated rings. The topological polar surface area (TPSA) is 69.2 Å². The van der Waals surface area contributed by atoms with Crippen LogP contribution in [0.5, 0.6) is 0 Å². The number of alkyl halides is 3. The minimum Gasteiger partial charge on any atom is -0.423 e. The van der Waals surface area contributed by atoms with Gasteiger partial charge in [0.15, 0.2) is 11.4 Å². The normalized spacial score (nSPS) is 18.6. The first-order chi connectivity index (χ1) is 12.4. The molecule has 3 heterocycles. The van der Waals surface area contributed by atoms with E-state index in [9.17, 15) is 13.2 Å². The van der Waals surface area contributed by atoms with Crippen LogP contribution in [0, 0.1) is 6.92 Å². The summed E-state index contributed by atoms with van der Waals surface area (Å²) in [4.78, 5) is 10.4. The van der Waals surface area contributed by atoms with Crippen molar-refractivity contribution in [3.8, 4) is 0 Å². The van der Waals surface area contributed by atoms with Crippen molar-refractivity contribution in [3.63, 3.8) is 0 Å². The highest BCUT2D eigenvalue weighted by atomic mass is 19.4. The van der Waals surface area contributed by atoms with Gasteiger partial charge in [-0.3, -0.25) is 0 Å². The number of hydrogen-bond donors (Lipinski definition) is 0. The van der Waals surface area contributed by atoms with E-state index < -0.39 is 18.8 Å². The van der Waals surface area contributed by atoms with E-state index in [4.69, 9.17) is 9.15 Å². The third-order valence-corrected chi connectivity index (χ3v) is 4.10. The Morgan fingerprint density at radius 1 is 1.31 bits per heavy atom. The molecule has 0 radical (unpaired) electrons. The first-order valence-corrected chi connectivity index (χ1v) is 8.07. The molecule has 4 rings (SSSR count). The zero-order chi connectivity index (χ0) is 18.3. The van der Waals surface area contributed by atoms with E-state index in [-0.39, 0.29) is 12.4 Å². The number of morpholine rings is 1. The molecule has 138 valence electrons. The van der Waals surface area contributed by atoms with Crippen LogP contribution in [-0.4, -0.2) is 45.7 Å². The van der Waals surface area contributed by atoms with Crippen LogP contribution in [-0.2, 0) is 11.3 Å². The van der Waals surface area contributed by atoms with Crippen molar-refractivity contribution in [1.82, 2.24) is 19.7 Å². The number of nitrogens with zero attached hydrogens (tertiary/aromatic N) is 5. The highest BCUT2D eigenvalue weighted by molar-refractivity contribution is 5.75. The van der Waals surface area contributed by atoms with Crippen LogP contribution in [0.15, 0.2) is 28.9 Å². The fraction of sp³-hybridized carbons (Fsp3) is 0.438. The summed E-state index contributed by atoms with van der Waals surface area (Å²) < 4.78 is 49.7. The van der Waals surface area contributed by atoms with Crippen LogP contribution < -0.4 is 4.90 Å². The number of benzene rings is 1. The minimum absolute atomic E-state index is 0.243. The number of halogens is 3. The highest BCUT2D eigenvalue weighted by Crippen LogP contribution is 2.30. The number of oxazole rings is 1. The number of fused-ring (bicyclic) bond motifs is 1. The summed E-state index contributed by atoms with van der Waals surface area (Å²) in [6, 6.07) is 5.59. The van der Waals surface area contributed by atoms with Crippen molar-refractivity contribution in [2.45, 2.75) is 25.7 Å². The second kappa shape index (κ2) is 6.27. The number of hydrogen-bond acceptors (Lipinski definition) is 6. The van der Waals surface area contributed by atoms with Gasteiger partial charge in [0.1, 0.15) is 24.4 Å². The van der Waals surface area contributed by atoms with Gasteiger partial charge in [-0.25, -0.2) is 9.67 Å². The van der Waals surface area contributed by atoms with Crippen LogP contribution in [0.3, 0.4) is 0 Å². The maximum absolute atomic E-state index is 12.5. The second-order valence-electron chi connectivity index (χ2n) is 6.17. The third-order valence-electron chi connectivity index (χ3n) is 4.10. The van der Waals surface area contributed by atoms with Crippen molar-refractivity contribution in [1.29, 1.82) is 0 Å². The van der Waals surface area contributed by atoms with E-state index in [1.807, 2.05) is 30.0 Å².